The first kappa shape index (κ1) is 17.1. The third-order valence-corrected chi connectivity index (χ3v) is 3.70. The number of anilines is 1. The molecule has 1 aromatic rings. The van der Waals surface area contributed by atoms with Crippen LogP contribution in [-0.4, -0.2) is 40.6 Å². The number of hydrogen-bond acceptors (Lipinski definition) is 5. The molecule has 126 valence electrons. The number of carbonyl (C=O) groups excluding carboxylic acids is 1. The van der Waals surface area contributed by atoms with Crippen LogP contribution >= 0.6 is 0 Å². The van der Waals surface area contributed by atoms with Crippen LogP contribution in [0.15, 0.2) is 18.2 Å². The van der Waals surface area contributed by atoms with Crippen LogP contribution in [0.25, 0.3) is 0 Å². The van der Waals surface area contributed by atoms with Gasteiger partial charge in [0.05, 0.1) is 4.92 Å². The summed E-state index contributed by atoms with van der Waals surface area (Å²) in [5.74, 6) is 0. The topological polar surface area (TPSA) is 84.7 Å². The van der Waals surface area contributed by atoms with Gasteiger partial charge in [-0.25, -0.2) is 4.79 Å². The predicted molar refractivity (Wildman–Crippen MR) is 87.7 cm³/mol. The van der Waals surface area contributed by atoms with Gasteiger partial charge in [0.25, 0.3) is 5.69 Å². The molecular weight excluding hydrogens is 298 g/mol. The number of carbonyl (C=O) groups is 1. The van der Waals surface area contributed by atoms with E-state index in [0.29, 0.717) is 18.7 Å². The highest BCUT2D eigenvalue weighted by atomic mass is 16.6. The lowest BCUT2D eigenvalue weighted by molar-refractivity contribution is -0.385. The van der Waals surface area contributed by atoms with Gasteiger partial charge in [-0.15, -0.1) is 0 Å². The Morgan fingerprint density at radius 3 is 2.74 bits per heavy atom. The van der Waals surface area contributed by atoms with E-state index >= 15 is 0 Å². The Morgan fingerprint density at radius 1 is 1.43 bits per heavy atom. The fraction of sp³-hybridized carbons (Fsp3) is 0.562. The zero-order valence-electron chi connectivity index (χ0n) is 14.0. The first-order chi connectivity index (χ1) is 10.7. The second-order valence-electron chi connectivity index (χ2n) is 6.76. The molecule has 1 fully saturated rings. The van der Waals surface area contributed by atoms with Gasteiger partial charge in [-0.05, 0) is 40.2 Å². The van der Waals surface area contributed by atoms with Crippen LogP contribution in [0.5, 0.6) is 0 Å². The Labute approximate surface area is 135 Å². The van der Waals surface area contributed by atoms with Crippen molar-refractivity contribution in [3.05, 3.63) is 33.9 Å². The summed E-state index contributed by atoms with van der Waals surface area (Å²) in [7, 11) is 0. The number of nitrogens with one attached hydrogen (secondary N) is 1. The predicted octanol–water partition coefficient (Wildman–Crippen LogP) is 3.32. The molecule has 0 spiro atoms. The molecule has 1 aliphatic rings. The van der Waals surface area contributed by atoms with Crippen molar-refractivity contribution in [3.63, 3.8) is 0 Å². The van der Waals surface area contributed by atoms with Crippen molar-refractivity contribution in [3.8, 4) is 0 Å². The van der Waals surface area contributed by atoms with Crippen LogP contribution in [0.2, 0.25) is 0 Å². The van der Waals surface area contributed by atoms with Gasteiger partial charge in [-0.2, -0.15) is 0 Å². The van der Waals surface area contributed by atoms with E-state index in [2.05, 4.69) is 5.32 Å². The van der Waals surface area contributed by atoms with Gasteiger partial charge in [0.15, 0.2) is 0 Å². The Hall–Kier alpha value is -2.31. The molecule has 1 heterocycles. The van der Waals surface area contributed by atoms with E-state index in [1.54, 1.807) is 17.9 Å². The summed E-state index contributed by atoms with van der Waals surface area (Å²) in [6.07, 6.45) is 0.457. The van der Waals surface area contributed by atoms with Gasteiger partial charge < -0.3 is 15.0 Å². The van der Waals surface area contributed by atoms with Crippen molar-refractivity contribution in [1.82, 2.24) is 4.90 Å². The summed E-state index contributed by atoms with van der Waals surface area (Å²) in [5, 5.41) is 14.3. The number of nitro benzene ring substituents is 1. The van der Waals surface area contributed by atoms with Gasteiger partial charge >= 0.3 is 6.09 Å². The molecule has 1 aromatic carbocycles. The van der Waals surface area contributed by atoms with E-state index in [9.17, 15) is 14.9 Å². The van der Waals surface area contributed by atoms with Crippen molar-refractivity contribution >= 4 is 17.5 Å². The highest BCUT2D eigenvalue weighted by Gasteiger charge is 2.30. The molecule has 0 bridgehead atoms. The minimum Gasteiger partial charge on any atom is -0.444 e. The fourth-order valence-electron chi connectivity index (χ4n) is 2.57. The number of ether oxygens (including phenoxy) is 1. The molecule has 0 saturated carbocycles. The summed E-state index contributed by atoms with van der Waals surface area (Å²) < 4.78 is 5.36. The Balaban J connectivity index is 2.00. The molecule has 1 aliphatic heterocycles. The first-order valence-corrected chi connectivity index (χ1v) is 7.66. The minimum atomic E-state index is -0.515. The molecule has 0 aromatic heterocycles. The molecule has 0 aliphatic carbocycles. The van der Waals surface area contributed by atoms with E-state index in [4.69, 9.17) is 4.74 Å². The Kier molecular flexibility index (Phi) is 4.77. The summed E-state index contributed by atoms with van der Waals surface area (Å²) in [5.41, 5.74) is 0.916. The van der Waals surface area contributed by atoms with Gasteiger partial charge in [0.2, 0.25) is 0 Å². The zero-order chi connectivity index (χ0) is 17.2. The van der Waals surface area contributed by atoms with Crippen molar-refractivity contribution in [1.29, 1.82) is 0 Å². The standard InChI is InChI=1S/C16H23N3O4/c1-11-13(6-5-7-14(11)19(21)22)17-12-8-9-18(10-12)15(20)23-16(2,3)4/h5-7,12,17H,8-10H2,1-4H3. The molecule has 1 saturated heterocycles. The maximum atomic E-state index is 12.1. The smallest absolute Gasteiger partial charge is 0.410 e. The highest BCUT2D eigenvalue weighted by Crippen LogP contribution is 2.27. The van der Waals surface area contributed by atoms with E-state index in [-0.39, 0.29) is 22.7 Å². The van der Waals surface area contributed by atoms with Crippen LogP contribution in [-0.2, 0) is 4.74 Å². The van der Waals surface area contributed by atoms with Crippen LogP contribution < -0.4 is 5.32 Å². The van der Waals surface area contributed by atoms with Crippen molar-refractivity contribution in [2.24, 2.45) is 0 Å². The monoisotopic (exact) mass is 321 g/mol. The van der Waals surface area contributed by atoms with Crippen molar-refractivity contribution in [2.45, 2.75) is 45.8 Å². The summed E-state index contributed by atoms with van der Waals surface area (Å²) in [6.45, 7) is 8.37. The molecule has 23 heavy (non-hydrogen) atoms. The van der Waals surface area contributed by atoms with E-state index in [0.717, 1.165) is 12.1 Å². The van der Waals surface area contributed by atoms with Crippen LogP contribution in [0.4, 0.5) is 16.2 Å². The van der Waals surface area contributed by atoms with Crippen molar-refractivity contribution in [2.75, 3.05) is 18.4 Å². The number of rotatable bonds is 3. The number of hydrogen-bond donors (Lipinski definition) is 1. The average Bonchev–Trinajstić information content (AvgIpc) is 2.87. The fourth-order valence-corrected chi connectivity index (χ4v) is 2.57. The number of amides is 1. The molecule has 7 nitrogen and oxygen atoms in total. The lowest BCUT2D eigenvalue weighted by Gasteiger charge is -2.24. The third kappa shape index (κ3) is 4.34. The van der Waals surface area contributed by atoms with Gasteiger partial charge in [-0.3, -0.25) is 10.1 Å². The minimum absolute atomic E-state index is 0.0585. The quantitative estimate of drug-likeness (QED) is 0.682. The highest BCUT2D eigenvalue weighted by molar-refractivity contribution is 5.69. The second kappa shape index (κ2) is 6.44. The Morgan fingerprint density at radius 2 is 2.13 bits per heavy atom. The average molecular weight is 321 g/mol. The van der Waals surface area contributed by atoms with E-state index in [1.807, 2.05) is 26.8 Å². The van der Waals surface area contributed by atoms with Gasteiger partial charge in [0.1, 0.15) is 5.60 Å². The first-order valence-electron chi connectivity index (χ1n) is 7.66. The largest absolute Gasteiger partial charge is 0.444 e. The third-order valence-electron chi connectivity index (χ3n) is 3.70. The maximum absolute atomic E-state index is 12.1. The molecule has 2 rings (SSSR count). The zero-order valence-corrected chi connectivity index (χ0v) is 14.0. The molecular formula is C16H23N3O4. The Bertz CT molecular complexity index is 610. The van der Waals surface area contributed by atoms with E-state index < -0.39 is 5.60 Å². The lowest BCUT2D eigenvalue weighted by Crippen LogP contribution is -2.36. The molecule has 1 N–H and O–H groups in total. The van der Waals surface area contributed by atoms with Crippen LogP contribution in [0, 0.1) is 17.0 Å². The molecule has 7 heteroatoms. The van der Waals surface area contributed by atoms with Crippen molar-refractivity contribution < 1.29 is 14.5 Å². The molecule has 1 unspecified atom stereocenters. The second-order valence-corrected chi connectivity index (χ2v) is 6.76. The van der Waals surface area contributed by atoms with Gasteiger partial charge in [-0.1, -0.05) is 6.07 Å². The molecule has 1 atom stereocenters. The SMILES string of the molecule is Cc1c(NC2CCN(C(=O)OC(C)(C)C)C2)cccc1[N+](=O)[O-]. The number of nitro groups is 1. The van der Waals surface area contributed by atoms with Gasteiger partial charge in [0, 0.05) is 36.4 Å². The number of likely N-dealkylation sites (tertiary alicyclic amines) is 1. The van der Waals surface area contributed by atoms with Crippen LogP contribution in [0.3, 0.4) is 0 Å². The summed E-state index contributed by atoms with van der Waals surface area (Å²) >= 11 is 0. The maximum Gasteiger partial charge on any atom is 0.410 e. The normalized spacial score (nSPS) is 17.9. The molecule has 1 amide bonds. The summed E-state index contributed by atoms with van der Waals surface area (Å²) in [4.78, 5) is 24.3. The lowest BCUT2D eigenvalue weighted by atomic mass is 10.1. The number of benzene rings is 1. The van der Waals surface area contributed by atoms with E-state index in [1.165, 1.54) is 6.07 Å². The molecule has 0 radical (unpaired) electrons. The van der Waals surface area contributed by atoms with Crippen LogP contribution in [0.1, 0.15) is 32.8 Å². The number of nitrogens with zero attached hydrogens (tertiary/aromatic N) is 2. The summed E-state index contributed by atoms with van der Waals surface area (Å²) in [6, 6.07) is 5.03.